The third-order valence-electron chi connectivity index (χ3n) is 3.82. The molecule has 6 nitrogen and oxygen atoms in total. The first-order valence-corrected chi connectivity index (χ1v) is 9.56. The molecule has 0 heterocycles. The average Bonchev–Trinajstić information content (AvgIpc) is 2.61. The van der Waals surface area contributed by atoms with Gasteiger partial charge in [-0.3, -0.25) is 4.79 Å². The maximum Gasteiger partial charge on any atom is 0.255 e. The Kier molecular flexibility index (Phi) is 6.30. The number of nitrogens with one attached hydrogen (secondary N) is 2. The van der Waals surface area contributed by atoms with Gasteiger partial charge in [0.25, 0.3) is 5.91 Å². The van der Waals surface area contributed by atoms with Crippen molar-refractivity contribution in [3.05, 3.63) is 59.7 Å². The summed E-state index contributed by atoms with van der Waals surface area (Å²) in [5.74, 6) is -0.312. The zero-order valence-corrected chi connectivity index (χ0v) is 15.1. The molecule has 0 bridgehead atoms. The van der Waals surface area contributed by atoms with Crippen molar-refractivity contribution in [1.29, 1.82) is 0 Å². The molecule has 4 N–H and O–H groups in total. The van der Waals surface area contributed by atoms with Gasteiger partial charge in [-0.25, -0.2) is 13.1 Å². The van der Waals surface area contributed by atoms with E-state index in [1.165, 1.54) is 12.1 Å². The number of nitrogens with two attached hydrogens (primary N) is 1. The van der Waals surface area contributed by atoms with Crippen LogP contribution in [0.15, 0.2) is 53.4 Å². The predicted molar refractivity (Wildman–Crippen MR) is 98.8 cm³/mol. The Morgan fingerprint density at radius 2 is 1.84 bits per heavy atom. The Morgan fingerprint density at radius 3 is 2.44 bits per heavy atom. The number of carbonyl (C=O) groups is 1. The van der Waals surface area contributed by atoms with Crippen LogP contribution in [0, 0.1) is 0 Å². The highest BCUT2D eigenvalue weighted by Crippen LogP contribution is 2.17. The van der Waals surface area contributed by atoms with Gasteiger partial charge in [0.15, 0.2) is 0 Å². The fraction of sp³-hybridized carbons (Fsp3) is 0.278. The molecule has 0 aromatic heterocycles. The molecule has 2 rings (SSSR count). The smallest absolute Gasteiger partial charge is 0.255 e. The largest absolute Gasteiger partial charge is 0.326 e. The number of sulfonamides is 1. The third-order valence-corrected chi connectivity index (χ3v) is 5.41. The standard InChI is InChI=1S/C18H23N3O3S/c1-3-13(2)21-25(23,24)17-6-4-5-16(11-17)20-18(22)15-9-7-14(12-19)8-10-15/h4-11,13,21H,3,12,19H2,1-2H3,(H,20,22). The second-order valence-electron chi connectivity index (χ2n) is 5.81. The highest BCUT2D eigenvalue weighted by molar-refractivity contribution is 7.89. The average molecular weight is 361 g/mol. The monoisotopic (exact) mass is 361 g/mol. The third kappa shape index (κ3) is 5.12. The van der Waals surface area contributed by atoms with Gasteiger partial charge in [0.05, 0.1) is 4.90 Å². The van der Waals surface area contributed by atoms with Gasteiger partial charge in [0, 0.05) is 23.8 Å². The summed E-state index contributed by atoms with van der Waals surface area (Å²) in [5.41, 5.74) is 7.36. The predicted octanol–water partition coefficient (Wildman–Crippen LogP) is 2.47. The van der Waals surface area contributed by atoms with Gasteiger partial charge >= 0.3 is 0 Å². The molecule has 1 amide bonds. The number of hydrogen-bond donors (Lipinski definition) is 3. The number of carbonyl (C=O) groups excluding carboxylic acids is 1. The Morgan fingerprint density at radius 1 is 1.16 bits per heavy atom. The normalized spacial score (nSPS) is 12.6. The van der Waals surface area contributed by atoms with Crippen molar-refractivity contribution in [1.82, 2.24) is 4.72 Å². The Hall–Kier alpha value is -2.22. The van der Waals surface area contributed by atoms with Crippen LogP contribution in [0.2, 0.25) is 0 Å². The summed E-state index contributed by atoms with van der Waals surface area (Å²) in [4.78, 5) is 12.4. The van der Waals surface area contributed by atoms with Crippen LogP contribution < -0.4 is 15.8 Å². The molecule has 0 aliphatic carbocycles. The van der Waals surface area contributed by atoms with Gasteiger partial charge in [0.2, 0.25) is 10.0 Å². The van der Waals surface area contributed by atoms with Crippen LogP contribution in [0.5, 0.6) is 0 Å². The van der Waals surface area contributed by atoms with Gasteiger partial charge in [-0.05, 0) is 49.2 Å². The molecule has 1 atom stereocenters. The molecular formula is C18H23N3O3S. The van der Waals surface area contributed by atoms with Crippen molar-refractivity contribution in [2.75, 3.05) is 5.32 Å². The number of anilines is 1. The number of rotatable bonds is 7. The molecule has 0 fully saturated rings. The van der Waals surface area contributed by atoms with Crippen molar-refractivity contribution >= 4 is 21.6 Å². The van der Waals surface area contributed by atoms with Crippen molar-refractivity contribution in [2.45, 2.75) is 37.8 Å². The van der Waals surface area contributed by atoms with Crippen molar-refractivity contribution < 1.29 is 13.2 Å². The SMILES string of the molecule is CCC(C)NS(=O)(=O)c1cccc(NC(=O)c2ccc(CN)cc2)c1. The van der Waals surface area contributed by atoms with E-state index in [-0.39, 0.29) is 16.8 Å². The van der Waals surface area contributed by atoms with Gasteiger partial charge < -0.3 is 11.1 Å². The summed E-state index contributed by atoms with van der Waals surface area (Å²) < 4.78 is 27.3. The summed E-state index contributed by atoms with van der Waals surface area (Å²) in [7, 11) is -3.62. The van der Waals surface area contributed by atoms with Gasteiger partial charge in [-0.2, -0.15) is 0 Å². The van der Waals surface area contributed by atoms with Crippen molar-refractivity contribution in [3.63, 3.8) is 0 Å². The zero-order chi connectivity index (χ0) is 18.4. The molecule has 0 saturated carbocycles. The molecule has 0 spiro atoms. The lowest BCUT2D eigenvalue weighted by molar-refractivity contribution is 0.102. The minimum Gasteiger partial charge on any atom is -0.326 e. The Bertz CT molecular complexity index is 833. The lowest BCUT2D eigenvalue weighted by Gasteiger charge is -2.13. The lowest BCUT2D eigenvalue weighted by Crippen LogP contribution is -2.32. The number of hydrogen-bond acceptors (Lipinski definition) is 4. The summed E-state index contributed by atoms with van der Waals surface area (Å²) in [6, 6.07) is 13.0. The lowest BCUT2D eigenvalue weighted by atomic mass is 10.1. The topological polar surface area (TPSA) is 101 Å². The molecular weight excluding hydrogens is 338 g/mol. The van der Waals surface area contributed by atoms with E-state index in [1.807, 2.05) is 6.92 Å². The summed E-state index contributed by atoms with van der Waals surface area (Å²) in [6.45, 7) is 4.11. The van der Waals surface area contributed by atoms with Crippen molar-refractivity contribution in [3.8, 4) is 0 Å². The van der Waals surface area contributed by atoms with E-state index < -0.39 is 10.0 Å². The molecule has 134 valence electrons. The zero-order valence-electron chi connectivity index (χ0n) is 14.3. The molecule has 0 saturated heterocycles. The first-order valence-electron chi connectivity index (χ1n) is 8.08. The number of benzene rings is 2. The molecule has 25 heavy (non-hydrogen) atoms. The van der Waals surface area contributed by atoms with Gasteiger partial charge in [0.1, 0.15) is 0 Å². The van der Waals surface area contributed by atoms with Crippen LogP contribution in [0.25, 0.3) is 0 Å². The van der Waals surface area contributed by atoms with E-state index in [4.69, 9.17) is 5.73 Å². The van der Waals surface area contributed by atoms with Crippen LogP contribution in [0.4, 0.5) is 5.69 Å². The van der Waals surface area contributed by atoms with Crippen molar-refractivity contribution in [2.24, 2.45) is 5.73 Å². The molecule has 7 heteroatoms. The van der Waals surface area contributed by atoms with E-state index in [2.05, 4.69) is 10.0 Å². The maximum absolute atomic E-state index is 12.3. The van der Waals surface area contributed by atoms with Gasteiger partial charge in [-0.1, -0.05) is 25.1 Å². The summed E-state index contributed by atoms with van der Waals surface area (Å²) in [5, 5.41) is 2.71. The first kappa shape index (κ1) is 19.1. The minimum atomic E-state index is -3.62. The van der Waals surface area contributed by atoms with Crippen LogP contribution in [-0.2, 0) is 16.6 Å². The summed E-state index contributed by atoms with van der Waals surface area (Å²) in [6.07, 6.45) is 0.689. The van der Waals surface area contributed by atoms with E-state index in [9.17, 15) is 13.2 Å². The highest BCUT2D eigenvalue weighted by Gasteiger charge is 2.17. The van der Waals surface area contributed by atoms with E-state index in [1.54, 1.807) is 43.3 Å². The molecule has 0 aliphatic rings. The molecule has 1 unspecified atom stereocenters. The fourth-order valence-corrected chi connectivity index (χ4v) is 3.53. The first-order chi connectivity index (χ1) is 11.9. The Labute approximate surface area is 148 Å². The van der Waals surface area contributed by atoms with Crippen LogP contribution in [-0.4, -0.2) is 20.4 Å². The second-order valence-corrected chi connectivity index (χ2v) is 7.53. The van der Waals surface area contributed by atoms with Crippen LogP contribution >= 0.6 is 0 Å². The second kappa shape index (κ2) is 8.24. The number of amides is 1. The van der Waals surface area contributed by atoms with E-state index >= 15 is 0 Å². The van der Waals surface area contributed by atoms with E-state index in [0.717, 1.165) is 5.56 Å². The minimum absolute atomic E-state index is 0.115. The summed E-state index contributed by atoms with van der Waals surface area (Å²) >= 11 is 0. The quantitative estimate of drug-likeness (QED) is 0.705. The van der Waals surface area contributed by atoms with E-state index in [0.29, 0.717) is 24.2 Å². The maximum atomic E-state index is 12.3. The fourth-order valence-electron chi connectivity index (χ4n) is 2.15. The van der Waals surface area contributed by atoms with Crippen LogP contribution in [0.1, 0.15) is 36.2 Å². The molecule has 2 aromatic rings. The molecule has 2 aromatic carbocycles. The molecule has 0 radical (unpaired) electrons. The highest BCUT2D eigenvalue weighted by atomic mass is 32.2. The Balaban J connectivity index is 2.16. The molecule has 0 aliphatic heterocycles. The van der Waals surface area contributed by atoms with Crippen LogP contribution in [0.3, 0.4) is 0 Å². The van der Waals surface area contributed by atoms with Gasteiger partial charge in [-0.15, -0.1) is 0 Å².